The molecule has 1 aromatic carbocycles. The Hall–Kier alpha value is -2.70. The number of aromatic nitrogens is 1. The topological polar surface area (TPSA) is 80.3 Å². The number of nitrogens with one attached hydrogen (secondary N) is 2. The Bertz CT molecular complexity index is 749. The molecule has 2 N–H and O–H groups in total. The number of rotatable bonds is 8. The summed E-state index contributed by atoms with van der Waals surface area (Å²) in [6.45, 7) is 2.89. The van der Waals surface area contributed by atoms with Gasteiger partial charge in [-0.2, -0.15) is 0 Å². The van der Waals surface area contributed by atoms with Crippen molar-refractivity contribution < 1.29 is 18.7 Å². The fourth-order valence-corrected chi connectivity index (χ4v) is 2.50. The van der Waals surface area contributed by atoms with Crippen LogP contribution < -0.4 is 10.6 Å². The fourth-order valence-electron chi connectivity index (χ4n) is 2.50. The summed E-state index contributed by atoms with van der Waals surface area (Å²) in [5.74, 6) is -0.760. The second-order valence-corrected chi connectivity index (χ2v) is 5.32. The molecule has 0 atom stereocenters. The lowest BCUT2D eigenvalue weighted by molar-refractivity contribution is -0.139. The number of anilines is 1. The fraction of sp³-hybridized carbons (Fsp3) is 0.353. The van der Waals surface area contributed by atoms with Gasteiger partial charge in [0.15, 0.2) is 0 Å². The third-order valence-corrected chi connectivity index (χ3v) is 3.69. The van der Waals surface area contributed by atoms with Gasteiger partial charge in [-0.15, -0.1) is 0 Å². The smallest absolute Gasteiger partial charge is 0.310 e. The van der Waals surface area contributed by atoms with Crippen LogP contribution in [0.3, 0.4) is 0 Å². The summed E-state index contributed by atoms with van der Waals surface area (Å²) in [7, 11) is 1.32. The van der Waals surface area contributed by atoms with Crippen LogP contribution in [0.2, 0.25) is 0 Å². The van der Waals surface area contributed by atoms with E-state index in [0.29, 0.717) is 53.8 Å². The third kappa shape index (κ3) is 4.18. The number of ether oxygens (including phenoxy) is 1. The maximum atomic E-state index is 13.7. The lowest BCUT2D eigenvalue weighted by Crippen LogP contribution is -2.17. The van der Waals surface area contributed by atoms with Crippen molar-refractivity contribution >= 4 is 29.0 Å². The summed E-state index contributed by atoms with van der Waals surface area (Å²) < 4.78 is 18.4. The van der Waals surface area contributed by atoms with E-state index in [1.165, 1.54) is 19.2 Å². The van der Waals surface area contributed by atoms with Gasteiger partial charge in [-0.25, -0.2) is 4.39 Å². The average Bonchev–Trinajstić information content (AvgIpc) is 2.57. The Labute approximate surface area is 139 Å². The largest absolute Gasteiger partial charge is 0.469 e. The highest BCUT2D eigenvalue weighted by Crippen LogP contribution is 2.29. The Morgan fingerprint density at radius 2 is 2.17 bits per heavy atom. The molecule has 0 bridgehead atoms. The SMILES string of the molecule is COC(=O)Cc1c(C)nc2ccc(F)cc2c1NCCCNC=O. The standard InChI is InChI=1S/C17H20FN3O3/c1-11-13(9-16(23)24-2)17(20-7-3-6-19-10-22)14-8-12(18)4-5-15(14)21-11/h4-5,8,10H,3,6-7,9H2,1-2H3,(H,19,22)(H,20,21). The van der Waals surface area contributed by atoms with Crippen LogP contribution in [-0.2, 0) is 20.7 Å². The molecule has 2 rings (SSSR count). The van der Waals surface area contributed by atoms with E-state index in [0.717, 1.165) is 0 Å². The number of nitrogens with zero attached hydrogens (tertiary/aromatic N) is 1. The molecule has 1 aromatic heterocycles. The molecule has 2 aromatic rings. The number of fused-ring (bicyclic) bond motifs is 1. The maximum absolute atomic E-state index is 13.7. The second kappa shape index (κ2) is 8.24. The highest BCUT2D eigenvalue weighted by atomic mass is 19.1. The lowest BCUT2D eigenvalue weighted by atomic mass is 10.0. The number of aryl methyl sites for hydroxylation is 1. The Balaban J connectivity index is 2.39. The maximum Gasteiger partial charge on any atom is 0.310 e. The molecule has 0 aliphatic rings. The van der Waals surface area contributed by atoms with Gasteiger partial charge in [0.25, 0.3) is 0 Å². The molecule has 0 aliphatic heterocycles. The summed E-state index contributed by atoms with van der Waals surface area (Å²) in [6.07, 6.45) is 1.38. The summed E-state index contributed by atoms with van der Waals surface area (Å²) in [5, 5.41) is 6.44. The highest BCUT2D eigenvalue weighted by molar-refractivity contribution is 5.95. The summed E-state index contributed by atoms with van der Waals surface area (Å²) >= 11 is 0. The van der Waals surface area contributed by atoms with E-state index >= 15 is 0 Å². The van der Waals surface area contributed by atoms with Crippen molar-refractivity contribution in [2.75, 3.05) is 25.5 Å². The lowest BCUT2D eigenvalue weighted by Gasteiger charge is -2.17. The molecule has 7 heteroatoms. The number of hydrogen-bond donors (Lipinski definition) is 2. The van der Waals surface area contributed by atoms with Gasteiger partial charge in [0.2, 0.25) is 6.41 Å². The number of carbonyl (C=O) groups excluding carboxylic acids is 2. The van der Waals surface area contributed by atoms with Gasteiger partial charge in [-0.05, 0) is 31.5 Å². The van der Waals surface area contributed by atoms with Crippen LogP contribution in [0.5, 0.6) is 0 Å². The summed E-state index contributed by atoms with van der Waals surface area (Å²) in [6, 6.07) is 4.36. The molecular weight excluding hydrogens is 313 g/mol. The Morgan fingerprint density at radius 3 is 2.88 bits per heavy atom. The zero-order chi connectivity index (χ0) is 17.5. The van der Waals surface area contributed by atoms with Gasteiger partial charge in [-0.3, -0.25) is 14.6 Å². The average molecular weight is 333 g/mol. The third-order valence-electron chi connectivity index (χ3n) is 3.69. The first kappa shape index (κ1) is 17.7. The van der Waals surface area contributed by atoms with Gasteiger partial charge in [0.1, 0.15) is 5.82 Å². The summed E-state index contributed by atoms with van der Waals surface area (Å²) in [5.41, 5.74) is 2.70. The zero-order valence-corrected chi connectivity index (χ0v) is 13.7. The molecule has 0 spiro atoms. The monoisotopic (exact) mass is 333 g/mol. The molecule has 1 amide bonds. The van der Waals surface area contributed by atoms with Gasteiger partial charge in [0.05, 0.1) is 19.0 Å². The van der Waals surface area contributed by atoms with E-state index in [2.05, 4.69) is 15.6 Å². The molecule has 0 saturated heterocycles. The van der Waals surface area contributed by atoms with Gasteiger partial charge in [-0.1, -0.05) is 0 Å². The van der Waals surface area contributed by atoms with E-state index in [9.17, 15) is 14.0 Å². The van der Waals surface area contributed by atoms with Crippen LogP contribution in [0.25, 0.3) is 10.9 Å². The summed E-state index contributed by atoms with van der Waals surface area (Å²) in [4.78, 5) is 26.4. The Morgan fingerprint density at radius 1 is 1.38 bits per heavy atom. The molecule has 6 nitrogen and oxygen atoms in total. The molecule has 24 heavy (non-hydrogen) atoms. The normalized spacial score (nSPS) is 10.5. The molecular formula is C17H20FN3O3. The molecule has 0 unspecified atom stereocenters. The molecule has 1 heterocycles. The number of amides is 1. The van der Waals surface area contributed by atoms with Crippen LogP contribution in [0.15, 0.2) is 18.2 Å². The number of esters is 1. The van der Waals surface area contributed by atoms with E-state index in [4.69, 9.17) is 4.74 Å². The first-order valence-corrected chi connectivity index (χ1v) is 7.63. The minimum atomic E-state index is -0.388. The van der Waals surface area contributed by atoms with Crippen molar-refractivity contribution in [3.8, 4) is 0 Å². The van der Waals surface area contributed by atoms with Crippen molar-refractivity contribution in [3.05, 3.63) is 35.3 Å². The van der Waals surface area contributed by atoms with E-state index in [1.807, 2.05) is 0 Å². The van der Waals surface area contributed by atoms with Crippen LogP contribution >= 0.6 is 0 Å². The van der Waals surface area contributed by atoms with Crippen LogP contribution in [0, 0.1) is 12.7 Å². The first-order valence-electron chi connectivity index (χ1n) is 7.63. The van der Waals surface area contributed by atoms with Gasteiger partial charge < -0.3 is 15.4 Å². The predicted molar refractivity (Wildman–Crippen MR) is 89.3 cm³/mol. The van der Waals surface area contributed by atoms with Crippen molar-refractivity contribution in [1.29, 1.82) is 0 Å². The number of hydrogen-bond acceptors (Lipinski definition) is 5. The first-order chi connectivity index (χ1) is 11.6. The van der Waals surface area contributed by atoms with Crippen molar-refractivity contribution in [2.45, 2.75) is 19.8 Å². The zero-order valence-electron chi connectivity index (χ0n) is 13.7. The number of methoxy groups -OCH3 is 1. The number of carbonyl (C=O) groups is 2. The van der Waals surface area contributed by atoms with E-state index in [-0.39, 0.29) is 18.2 Å². The number of halogens is 1. The second-order valence-electron chi connectivity index (χ2n) is 5.32. The molecule has 128 valence electrons. The van der Waals surface area contributed by atoms with E-state index < -0.39 is 0 Å². The quantitative estimate of drug-likeness (QED) is 0.438. The number of pyridine rings is 1. The van der Waals surface area contributed by atoms with Crippen LogP contribution in [0.4, 0.5) is 10.1 Å². The van der Waals surface area contributed by atoms with Crippen molar-refractivity contribution in [2.24, 2.45) is 0 Å². The molecule has 0 fully saturated rings. The van der Waals surface area contributed by atoms with Crippen LogP contribution in [-0.4, -0.2) is 37.6 Å². The molecule has 0 saturated carbocycles. The van der Waals surface area contributed by atoms with Gasteiger partial charge >= 0.3 is 5.97 Å². The molecule has 0 radical (unpaired) electrons. The highest BCUT2D eigenvalue weighted by Gasteiger charge is 2.16. The van der Waals surface area contributed by atoms with Crippen LogP contribution in [0.1, 0.15) is 17.7 Å². The van der Waals surface area contributed by atoms with Gasteiger partial charge in [0, 0.05) is 35.4 Å². The number of benzene rings is 1. The van der Waals surface area contributed by atoms with Crippen molar-refractivity contribution in [1.82, 2.24) is 10.3 Å². The van der Waals surface area contributed by atoms with Crippen molar-refractivity contribution in [3.63, 3.8) is 0 Å². The minimum Gasteiger partial charge on any atom is -0.469 e. The predicted octanol–water partition coefficient (Wildman–Crippen LogP) is 1.95. The molecule has 0 aliphatic carbocycles. The minimum absolute atomic E-state index is 0.0523. The Kier molecular flexibility index (Phi) is 6.06. The van der Waals surface area contributed by atoms with E-state index in [1.54, 1.807) is 13.0 Å².